The number of rotatable bonds is 8. The summed E-state index contributed by atoms with van der Waals surface area (Å²) in [4.78, 5) is 0. The van der Waals surface area contributed by atoms with Gasteiger partial charge in [0.25, 0.3) is 0 Å². The molecule has 1 aromatic rings. The van der Waals surface area contributed by atoms with Crippen LogP contribution >= 0.6 is 0 Å². The fourth-order valence-electron chi connectivity index (χ4n) is 2.94. The molecule has 0 bridgehead atoms. The lowest BCUT2D eigenvalue weighted by molar-refractivity contribution is 0.301. The second-order valence-electron chi connectivity index (χ2n) is 5.26. The van der Waals surface area contributed by atoms with Gasteiger partial charge < -0.3 is 9.84 Å². The lowest BCUT2D eigenvalue weighted by atomic mass is 10.2. The number of hydrogen-bond donors (Lipinski definition) is 1. The molecule has 0 unspecified atom stereocenters. The van der Waals surface area contributed by atoms with Gasteiger partial charge in [0.1, 0.15) is 5.75 Å². The van der Waals surface area contributed by atoms with Gasteiger partial charge in [0.15, 0.2) is 0 Å². The maximum atomic E-state index is 9.41. The third-order valence-electron chi connectivity index (χ3n) is 4.55. The minimum atomic E-state index is -1.40. The number of ether oxygens (including phenoxy) is 1. The second-order valence-corrected chi connectivity index (χ2v) is 10.6. The fourth-order valence-corrected chi connectivity index (χ4v) is 6.92. The van der Waals surface area contributed by atoms with Gasteiger partial charge in [-0.15, -0.1) is 0 Å². The van der Waals surface area contributed by atoms with Crippen molar-refractivity contribution in [2.45, 2.75) is 45.3 Å². The summed E-state index contributed by atoms with van der Waals surface area (Å²) in [6, 6.07) is 11.9. The van der Waals surface area contributed by atoms with E-state index in [1.807, 2.05) is 12.1 Å². The summed E-state index contributed by atoms with van der Waals surface area (Å²) >= 11 is 0. The van der Waals surface area contributed by atoms with Gasteiger partial charge in [-0.05, 0) is 24.1 Å². The third-order valence-corrected chi connectivity index (χ3v) is 10.4. The number of methoxy groups -OCH3 is 1. The summed E-state index contributed by atoms with van der Waals surface area (Å²) < 4.78 is 5.20. The van der Waals surface area contributed by atoms with Crippen LogP contribution < -0.4 is 4.74 Å². The molecule has 0 atom stereocenters. The van der Waals surface area contributed by atoms with Crippen LogP contribution in [0.2, 0.25) is 18.1 Å². The molecule has 0 fully saturated rings. The first-order valence-corrected chi connectivity index (χ1v) is 10.2. The lowest BCUT2D eigenvalue weighted by Crippen LogP contribution is -2.35. The highest BCUT2D eigenvalue weighted by atomic mass is 28.3. The van der Waals surface area contributed by atoms with E-state index >= 15 is 0 Å². The van der Waals surface area contributed by atoms with Gasteiger partial charge in [0.2, 0.25) is 0 Å². The monoisotopic (exact) mass is 292 g/mol. The molecule has 0 aliphatic carbocycles. The molecule has 0 saturated carbocycles. The normalized spacial score (nSPS) is 12.6. The van der Waals surface area contributed by atoms with Gasteiger partial charge in [-0.2, -0.15) is 0 Å². The van der Waals surface area contributed by atoms with E-state index in [9.17, 15) is 5.11 Å². The van der Waals surface area contributed by atoms with E-state index in [1.54, 1.807) is 7.11 Å². The standard InChI is InChI=1S/C17H28O2Si/c1-5-20(6-2,7-3)17(12-13-18)14-15-8-10-16(19-4)11-9-15/h8-11,14,18H,5-7,12-13H2,1-4H3/b17-14+. The molecule has 0 aliphatic heterocycles. The Balaban J connectivity index is 3.12. The summed E-state index contributed by atoms with van der Waals surface area (Å²) in [5.41, 5.74) is 1.21. The van der Waals surface area contributed by atoms with Crippen molar-refractivity contribution < 1.29 is 9.84 Å². The summed E-state index contributed by atoms with van der Waals surface area (Å²) in [6.45, 7) is 7.16. The highest BCUT2D eigenvalue weighted by Gasteiger charge is 2.30. The third kappa shape index (κ3) is 3.97. The predicted octanol–water partition coefficient (Wildman–Crippen LogP) is 4.51. The molecular formula is C17H28O2Si. The van der Waals surface area contributed by atoms with E-state index in [2.05, 4.69) is 39.0 Å². The molecule has 0 aromatic heterocycles. The fraction of sp³-hybridized carbons (Fsp3) is 0.529. The number of aliphatic hydroxyl groups excluding tert-OH is 1. The van der Waals surface area contributed by atoms with Crippen LogP contribution in [-0.4, -0.2) is 26.9 Å². The molecular weight excluding hydrogens is 264 g/mol. The molecule has 20 heavy (non-hydrogen) atoms. The molecule has 0 aliphatic rings. The molecule has 1 N–H and O–H groups in total. The van der Waals surface area contributed by atoms with Crippen molar-refractivity contribution in [3.8, 4) is 5.75 Å². The van der Waals surface area contributed by atoms with Crippen molar-refractivity contribution in [1.82, 2.24) is 0 Å². The Bertz CT molecular complexity index is 411. The van der Waals surface area contributed by atoms with E-state index in [4.69, 9.17) is 4.74 Å². The molecule has 0 radical (unpaired) electrons. The van der Waals surface area contributed by atoms with Crippen LogP contribution in [0.4, 0.5) is 0 Å². The Hall–Kier alpha value is -1.06. The minimum Gasteiger partial charge on any atom is -0.497 e. The molecule has 0 spiro atoms. The average molecular weight is 292 g/mol. The Morgan fingerprint density at radius 1 is 1.10 bits per heavy atom. The first kappa shape index (κ1) is 17.0. The SMILES string of the molecule is CC[Si](CC)(CC)/C(=C/c1ccc(OC)cc1)CCO. The van der Waals surface area contributed by atoms with Crippen molar-refractivity contribution in [2.75, 3.05) is 13.7 Å². The van der Waals surface area contributed by atoms with E-state index in [-0.39, 0.29) is 6.61 Å². The molecule has 112 valence electrons. The first-order valence-electron chi connectivity index (χ1n) is 7.61. The Morgan fingerprint density at radius 2 is 1.65 bits per heavy atom. The summed E-state index contributed by atoms with van der Waals surface area (Å²) in [5, 5.41) is 10.9. The molecule has 1 aromatic carbocycles. The molecule has 0 heterocycles. The second kappa shape index (κ2) is 8.27. The maximum Gasteiger partial charge on any atom is 0.118 e. The van der Waals surface area contributed by atoms with E-state index in [0.717, 1.165) is 12.2 Å². The quantitative estimate of drug-likeness (QED) is 0.714. The smallest absolute Gasteiger partial charge is 0.118 e. The van der Waals surface area contributed by atoms with Crippen LogP contribution in [0.15, 0.2) is 29.5 Å². The Labute approximate surface area is 124 Å². The van der Waals surface area contributed by atoms with Gasteiger partial charge in [0.05, 0.1) is 15.2 Å². The van der Waals surface area contributed by atoms with Crippen molar-refractivity contribution in [3.63, 3.8) is 0 Å². The summed E-state index contributed by atoms with van der Waals surface area (Å²) in [7, 11) is 0.283. The summed E-state index contributed by atoms with van der Waals surface area (Å²) in [6.07, 6.45) is 3.12. The van der Waals surface area contributed by atoms with Crippen molar-refractivity contribution in [3.05, 3.63) is 35.0 Å². The van der Waals surface area contributed by atoms with Crippen molar-refractivity contribution in [2.24, 2.45) is 0 Å². The molecule has 0 amide bonds. The van der Waals surface area contributed by atoms with Gasteiger partial charge in [-0.1, -0.05) is 62.3 Å². The maximum absolute atomic E-state index is 9.41. The number of hydrogen-bond acceptors (Lipinski definition) is 2. The van der Waals surface area contributed by atoms with Crippen LogP contribution in [0, 0.1) is 0 Å². The zero-order chi connectivity index (χ0) is 15.0. The van der Waals surface area contributed by atoms with E-state index in [1.165, 1.54) is 28.9 Å². The zero-order valence-electron chi connectivity index (χ0n) is 13.3. The van der Waals surface area contributed by atoms with Crippen LogP contribution in [0.1, 0.15) is 32.8 Å². The number of benzene rings is 1. The molecule has 1 rings (SSSR count). The predicted molar refractivity (Wildman–Crippen MR) is 89.9 cm³/mol. The molecule has 2 nitrogen and oxygen atoms in total. The highest BCUT2D eigenvalue weighted by Crippen LogP contribution is 2.32. The summed E-state index contributed by atoms with van der Waals surface area (Å²) in [5.74, 6) is 0.885. The van der Waals surface area contributed by atoms with Gasteiger partial charge in [-0.3, -0.25) is 0 Å². The van der Waals surface area contributed by atoms with Gasteiger partial charge in [-0.25, -0.2) is 0 Å². The van der Waals surface area contributed by atoms with Gasteiger partial charge in [0, 0.05) is 6.61 Å². The largest absolute Gasteiger partial charge is 0.497 e. The van der Waals surface area contributed by atoms with Crippen LogP contribution in [0.25, 0.3) is 6.08 Å². The minimum absolute atomic E-state index is 0.247. The lowest BCUT2D eigenvalue weighted by Gasteiger charge is -2.31. The van der Waals surface area contributed by atoms with Crippen LogP contribution in [0.3, 0.4) is 0 Å². The van der Waals surface area contributed by atoms with Crippen LogP contribution in [-0.2, 0) is 0 Å². The molecule has 0 saturated heterocycles. The topological polar surface area (TPSA) is 29.5 Å². The van der Waals surface area contributed by atoms with Crippen LogP contribution in [0.5, 0.6) is 5.75 Å². The zero-order valence-corrected chi connectivity index (χ0v) is 14.3. The van der Waals surface area contributed by atoms with E-state index < -0.39 is 8.07 Å². The van der Waals surface area contributed by atoms with Gasteiger partial charge >= 0.3 is 0 Å². The average Bonchev–Trinajstić information content (AvgIpc) is 2.50. The number of aliphatic hydroxyl groups is 1. The van der Waals surface area contributed by atoms with Crippen molar-refractivity contribution in [1.29, 1.82) is 0 Å². The Kier molecular flexibility index (Phi) is 7.03. The molecule has 3 heteroatoms. The Morgan fingerprint density at radius 3 is 2.05 bits per heavy atom. The first-order chi connectivity index (χ1) is 9.65. The van der Waals surface area contributed by atoms with Crippen molar-refractivity contribution >= 4 is 14.1 Å². The highest BCUT2D eigenvalue weighted by molar-refractivity contribution is 6.86. The van der Waals surface area contributed by atoms with E-state index in [0.29, 0.717) is 0 Å².